The number of primary amides is 2. The van der Waals surface area contributed by atoms with E-state index in [1.165, 1.54) is 33.3 Å². The molecule has 22 atom stereocenters. The number of carboxylic acid groups (broad SMARTS) is 2. The van der Waals surface area contributed by atoms with Crippen molar-refractivity contribution in [2.75, 3.05) is 26.2 Å². The Bertz CT molecular complexity index is 4330. The number of nitrogens with one attached hydrogen (secondary N) is 22. The number of nitrogens with two attached hydrogens (primary N) is 5. The van der Waals surface area contributed by atoms with Gasteiger partial charge in [0.2, 0.25) is 112 Å². The van der Waals surface area contributed by atoms with E-state index in [0.717, 1.165) is 27.7 Å². The molecule has 0 spiro atoms. The predicted molar refractivity (Wildman–Crippen MR) is 491 cm³/mol. The number of aliphatic hydroxyl groups is 4. The summed E-state index contributed by atoms with van der Waals surface area (Å²) in [6, 6.07) is -28.3. The first-order valence-electron chi connectivity index (χ1n) is 45.0. The van der Waals surface area contributed by atoms with Crippen LogP contribution in [0.2, 0.25) is 0 Å². The smallest absolute Gasteiger partial charge is 0.326 e. The van der Waals surface area contributed by atoms with E-state index in [1.807, 2.05) is 0 Å². The zero-order valence-electron chi connectivity index (χ0n) is 80.2. The van der Waals surface area contributed by atoms with Gasteiger partial charge in [0, 0.05) is 37.8 Å². The second-order valence-corrected chi connectivity index (χ2v) is 34.8. The summed E-state index contributed by atoms with van der Waals surface area (Å²) in [5.74, 6) is -27.8. The van der Waals surface area contributed by atoms with Gasteiger partial charge >= 0.3 is 11.9 Å². The van der Waals surface area contributed by atoms with Gasteiger partial charge in [0.25, 0.3) is 0 Å². The summed E-state index contributed by atoms with van der Waals surface area (Å²) in [5.41, 5.74) is 27.4. The fourth-order valence-corrected chi connectivity index (χ4v) is 13.1. The summed E-state index contributed by atoms with van der Waals surface area (Å²) in [7, 11) is 0. The van der Waals surface area contributed by atoms with E-state index in [2.05, 4.69) is 111 Å². The number of aliphatic hydroxyl groups excluding tert-OH is 4. The molecule has 778 valence electrons. The number of amides is 19. The Kier molecular flexibility index (Phi) is 54.6. The Morgan fingerprint density at radius 2 is 0.746 bits per heavy atom. The zero-order chi connectivity index (χ0) is 106. The van der Waals surface area contributed by atoms with Gasteiger partial charge in [-0.05, 0) is 109 Å². The summed E-state index contributed by atoms with van der Waals surface area (Å²) >= 11 is 0. The van der Waals surface area contributed by atoms with Crippen LogP contribution in [0.5, 0.6) is 0 Å². The number of rotatable bonds is 65. The van der Waals surface area contributed by atoms with Crippen LogP contribution >= 0.6 is 0 Å². The highest BCUT2D eigenvalue weighted by atomic mass is 16.4. The number of aromatic nitrogens is 2. The number of hydrogen-bond donors (Lipinski definition) is 33. The standard InChI is InChI=1S/C83H144N28O27/c1-16-38(9)61(108-74(130)52(29-56(85)117)98-57(118)32-94-67(123)54(33-112)106-76(132)60(37(7)8)107-75(131)59(86)42(13)113)78(134)105-50(27-36(5)6)73(129)111-64(44(15)115)80(136)109-62(39(10)17-2)77(133)100-47(21-19-25-93-83(89)90)69(125)103-49(26-35(3)4)72(128)110-63(43(14)114)79(135)97-40(11)65(121)96-41(12)66(122)102-53(30-58(119)120)71(127)104-51(28-45-31-91-34-95-45)70(126)99-46(20-18-24-92-82(87)88)68(124)101-48(81(137)138)22-23-55(84)116/h31,34-44,46-54,59-64,112-115H,16-30,32-33,86H2,1-15H3,(H2,84,116)(H2,85,117)(H,91,95)(H,94,123)(H,96,121)(H,97,135)(H,98,118)(H,99,126)(H,100,133)(H,101,124)(H,102,122)(H,103,125)(H,104,127)(H,105,134)(H,106,132)(H,107,131)(H,108,130)(H,109,136)(H,110,128)(H,111,129)(H,119,120)(H,137,138)(H4,87,88,92)(H4,89,90,93)/t38-,39-,40-,41-,42+,43+,44+,46-,47-,48-,49-,50-,51-,52-,53-,54-,59-,60-,61-,62-,63-,64-/m0/s1. The molecule has 0 aliphatic rings. The maximum atomic E-state index is 14.7. The molecular formula is C83H144N28O27. The molecule has 0 bridgehead atoms. The molecule has 38 N–H and O–H groups in total. The lowest BCUT2D eigenvalue weighted by molar-refractivity contribution is -0.142. The van der Waals surface area contributed by atoms with Crippen LogP contribution in [0.4, 0.5) is 0 Å². The van der Waals surface area contributed by atoms with Crippen molar-refractivity contribution in [1.82, 2.24) is 111 Å². The van der Waals surface area contributed by atoms with Crippen LogP contribution in [-0.4, -0.2) is 324 Å². The SMILES string of the molecule is CC[C@H](C)[C@H](NC(=O)[C@H](CC(N)=O)NC(=O)CNC(=O)[C@H](CO)NC(=O)[C@@H](NC(=O)[C@@H](N)[C@@H](C)O)C(C)C)C(=O)N[C@@H](CC(C)C)C(=O)N[C@H](C(=O)N[C@H](C(=O)N[C@@H](CCCNC(=N)N)C(=O)N[C@@H](CC(C)C)C(=O)N[C@H](C(=O)N[C@@H](C)C(=O)N[C@@H](C)C(=O)N[C@@H](CC(=O)O)C(=O)N[C@@H](Cc1cnc[nH]1)C(=O)N[C@@H](CCCNC(=N)N)C(=O)N[C@@H](CCC(N)=O)C(=O)O)[C@@H](C)O)[C@@H](C)CC)[C@@H](C)O. The highest BCUT2D eigenvalue weighted by Crippen LogP contribution is 2.18. The number of carboxylic acids is 2. The van der Waals surface area contributed by atoms with Crippen molar-refractivity contribution in [3.63, 3.8) is 0 Å². The summed E-state index contributed by atoms with van der Waals surface area (Å²) in [4.78, 5) is 292. The molecule has 19 amide bonds. The maximum Gasteiger partial charge on any atom is 0.326 e. The van der Waals surface area contributed by atoms with E-state index in [9.17, 15) is 131 Å². The number of guanidine groups is 2. The monoisotopic (exact) mass is 1970 g/mol. The van der Waals surface area contributed by atoms with E-state index in [4.69, 9.17) is 39.5 Å². The lowest BCUT2D eigenvalue weighted by atomic mass is 9.95. The molecule has 1 aromatic rings. The molecule has 0 saturated heterocycles. The number of carbonyl (C=O) groups is 21. The van der Waals surface area contributed by atoms with E-state index < -0.39 is 332 Å². The van der Waals surface area contributed by atoms with Crippen molar-refractivity contribution in [2.24, 2.45) is 58.3 Å². The van der Waals surface area contributed by atoms with E-state index in [1.54, 1.807) is 55.4 Å². The lowest BCUT2D eigenvalue weighted by Gasteiger charge is -2.31. The second kappa shape index (κ2) is 61.5. The molecular weight excluding hydrogens is 1820 g/mol. The average Bonchev–Trinajstić information content (AvgIpc) is 1.08. The Morgan fingerprint density at radius 3 is 1.16 bits per heavy atom. The first kappa shape index (κ1) is 122. The third-order valence-corrected chi connectivity index (χ3v) is 21.4. The van der Waals surface area contributed by atoms with Crippen LogP contribution in [-0.2, 0) is 107 Å². The van der Waals surface area contributed by atoms with Gasteiger partial charge < -0.3 is 165 Å². The number of aromatic amines is 1. The van der Waals surface area contributed by atoms with Crippen molar-refractivity contribution in [2.45, 2.75) is 308 Å². The van der Waals surface area contributed by atoms with Gasteiger partial charge in [-0.15, -0.1) is 0 Å². The van der Waals surface area contributed by atoms with Crippen LogP contribution in [0.3, 0.4) is 0 Å². The van der Waals surface area contributed by atoms with Gasteiger partial charge in [-0.2, -0.15) is 0 Å². The topological polar surface area (TPSA) is 915 Å². The minimum Gasteiger partial charge on any atom is -0.481 e. The molecule has 1 aromatic heterocycles. The largest absolute Gasteiger partial charge is 0.481 e. The summed E-state index contributed by atoms with van der Waals surface area (Å²) < 4.78 is 0. The van der Waals surface area contributed by atoms with Crippen molar-refractivity contribution in [3.8, 4) is 0 Å². The van der Waals surface area contributed by atoms with Crippen molar-refractivity contribution in [1.29, 1.82) is 10.8 Å². The molecule has 138 heavy (non-hydrogen) atoms. The Morgan fingerprint density at radius 1 is 0.384 bits per heavy atom. The van der Waals surface area contributed by atoms with Crippen molar-refractivity contribution in [3.05, 3.63) is 18.2 Å². The molecule has 55 nitrogen and oxygen atoms in total. The average molecular weight is 1970 g/mol. The fourth-order valence-electron chi connectivity index (χ4n) is 13.1. The van der Waals surface area contributed by atoms with Gasteiger partial charge in [-0.1, -0.05) is 82.1 Å². The van der Waals surface area contributed by atoms with E-state index in [-0.39, 0.29) is 70.2 Å². The molecule has 0 aliphatic heterocycles. The summed E-state index contributed by atoms with van der Waals surface area (Å²) in [5, 5.41) is 122. The third-order valence-electron chi connectivity index (χ3n) is 21.4. The highest BCUT2D eigenvalue weighted by molar-refractivity contribution is 6.02. The molecule has 0 radical (unpaired) electrons. The number of imidazole rings is 1. The lowest BCUT2D eigenvalue weighted by Crippen LogP contribution is -2.63. The number of hydrogen-bond acceptors (Lipinski definition) is 29. The number of carbonyl (C=O) groups excluding carboxylic acids is 19. The molecule has 55 heteroatoms. The second-order valence-electron chi connectivity index (χ2n) is 34.8. The molecule has 1 heterocycles. The molecule has 0 saturated carbocycles. The summed E-state index contributed by atoms with van der Waals surface area (Å²) in [6.07, 6.45) is -6.23. The minimum atomic E-state index is -2.02. The molecule has 0 aliphatic carbocycles. The van der Waals surface area contributed by atoms with Crippen LogP contribution in [0.25, 0.3) is 0 Å². The van der Waals surface area contributed by atoms with Gasteiger partial charge in [0.15, 0.2) is 11.9 Å². The first-order valence-corrected chi connectivity index (χ1v) is 45.0. The third kappa shape index (κ3) is 45.4. The molecule has 1 rings (SSSR count). The first-order chi connectivity index (χ1) is 64.3. The van der Waals surface area contributed by atoms with Crippen LogP contribution in [0.1, 0.15) is 187 Å². The van der Waals surface area contributed by atoms with Gasteiger partial charge in [0.05, 0.1) is 50.6 Å². The zero-order valence-corrected chi connectivity index (χ0v) is 80.2. The Hall–Kier alpha value is -13.6. The summed E-state index contributed by atoms with van der Waals surface area (Å²) in [6.45, 7) is 19.7. The van der Waals surface area contributed by atoms with Gasteiger partial charge in [0.1, 0.15) is 103 Å². The highest BCUT2D eigenvalue weighted by Gasteiger charge is 2.42. The Labute approximate surface area is 797 Å². The number of nitrogens with zero attached hydrogens (tertiary/aromatic N) is 1. The Balaban J connectivity index is 3.56. The van der Waals surface area contributed by atoms with Crippen molar-refractivity contribution >= 4 is 136 Å². The quantitative estimate of drug-likeness (QED) is 0.0164. The minimum absolute atomic E-state index is 0.0124. The van der Waals surface area contributed by atoms with Crippen molar-refractivity contribution < 1.29 is 131 Å². The van der Waals surface area contributed by atoms with Gasteiger partial charge in [-0.3, -0.25) is 107 Å². The number of H-pyrrole nitrogens is 1. The van der Waals surface area contributed by atoms with Gasteiger partial charge in [-0.25, -0.2) is 9.78 Å². The van der Waals surface area contributed by atoms with E-state index in [0.29, 0.717) is 0 Å². The van der Waals surface area contributed by atoms with Crippen LogP contribution < -0.4 is 130 Å². The van der Waals surface area contributed by atoms with E-state index >= 15 is 0 Å². The maximum absolute atomic E-state index is 14.7. The number of aliphatic carboxylic acids is 2. The molecule has 0 unspecified atom stereocenters. The van der Waals surface area contributed by atoms with Crippen LogP contribution in [0.15, 0.2) is 12.5 Å². The van der Waals surface area contributed by atoms with Crippen LogP contribution in [0, 0.1) is 40.4 Å². The molecule has 0 fully saturated rings. The fraction of sp³-hybridized carbons (Fsp3) is 0.687. The normalized spacial score (nSPS) is 16.0. The predicted octanol–water partition coefficient (Wildman–Crippen LogP) is -11.6. The molecule has 0 aromatic carbocycles.